The van der Waals surface area contributed by atoms with Gasteiger partial charge in [-0.05, 0) is 32.0 Å². The molecule has 0 spiro atoms. The van der Waals surface area contributed by atoms with Crippen molar-refractivity contribution < 1.29 is 4.79 Å². The smallest absolute Gasteiger partial charge is 0.275 e. The molecule has 2 heterocycles. The highest BCUT2D eigenvalue weighted by atomic mass is 16.2. The van der Waals surface area contributed by atoms with Crippen molar-refractivity contribution in [3.63, 3.8) is 0 Å². The fourth-order valence-corrected chi connectivity index (χ4v) is 1.63. The summed E-state index contributed by atoms with van der Waals surface area (Å²) in [5.74, 6) is 0.241. The Labute approximate surface area is 105 Å². The molecule has 0 bridgehead atoms. The highest BCUT2D eigenvalue weighted by Gasteiger charge is 2.13. The van der Waals surface area contributed by atoms with Gasteiger partial charge in [-0.2, -0.15) is 5.10 Å². The van der Waals surface area contributed by atoms with Crippen molar-refractivity contribution in [2.24, 2.45) is 0 Å². The lowest BCUT2D eigenvalue weighted by molar-refractivity contribution is 0.101. The average molecular weight is 245 g/mol. The summed E-state index contributed by atoms with van der Waals surface area (Å²) in [4.78, 5) is 16.1. The van der Waals surface area contributed by atoms with Crippen LogP contribution in [-0.2, 0) is 6.54 Å². The van der Waals surface area contributed by atoms with Gasteiger partial charge in [-0.15, -0.1) is 0 Å². The molecule has 18 heavy (non-hydrogen) atoms. The second kappa shape index (κ2) is 4.87. The van der Waals surface area contributed by atoms with Gasteiger partial charge in [0, 0.05) is 6.54 Å². The van der Waals surface area contributed by atoms with E-state index in [1.54, 1.807) is 22.9 Å². The van der Waals surface area contributed by atoms with Gasteiger partial charge in [-0.3, -0.25) is 9.48 Å². The topological polar surface area (TPSA) is 85.8 Å². The van der Waals surface area contributed by atoms with E-state index in [0.29, 0.717) is 23.7 Å². The number of nitrogens with one attached hydrogen (secondary N) is 1. The first-order chi connectivity index (χ1) is 8.60. The molecular formula is C12H15N5O. The van der Waals surface area contributed by atoms with Crippen LogP contribution in [0.3, 0.4) is 0 Å². The molecule has 2 rings (SSSR count). The summed E-state index contributed by atoms with van der Waals surface area (Å²) in [6.45, 7) is 4.43. The van der Waals surface area contributed by atoms with Crippen LogP contribution in [0.2, 0.25) is 0 Å². The molecule has 0 fully saturated rings. The predicted molar refractivity (Wildman–Crippen MR) is 69.2 cm³/mol. The Morgan fingerprint density at radius 3 is 2.89 bits per heavy atom. The number of hydrogen-bond acceptors (Lipinski definition) is 4. The maximum Gasteiger partial charge on any atom is 0.275 e. The van der Waals surface area contributed by atoms with E-state index < -0.39 is 0 Å². The number of carbonyl (C=O) groups excluding carboxylic acids is 1. The molecule has 0 unspecified atom stereocenters. The van der Waals surface area contributed by atoms with E-state index in [2.05, 4.69) is 15.4 Å². The van der Waals surface area contributed by atoms with E-state index in [9.17, 15) is 4.79 Å². The lowest BCUT2D eigenvalue weighted by Crippen LogP contribution is -2.17. The van der Waals surface area contributed by atoms with Gasteiger partial charge in [0.1, 0.15) is 11.5 Å². The van der Waals surface area contributed by atoms with E-state index in [0.717, 1.165) is 5.69 Å². The van der Waals surface area contributed by atoms with Crippen LogP contribution in [0.25, 0.3) is 0 Å². The summed E-state index contributed by atoms with van der Waals surface area (Å²) < 4.78 is 1.65. The highest BCUT2D eigenvalue weighted by Crippen LogP contribution is 2.09. The predicted octanol–water partition coefficient (Wildman–Crippen LogP) is 1.44. The molecule has 0 atom stereocenters. The second-order valence-corrected chi connectivity index (χ2v) is 3.92. The number of anilines is 2. The van der Waals surface area contributed by atoms with Gasteiger partial charge in [0.25, 0.3) is 5.91 Å². The third-order valence-electron chi connectivity index (χ3n) is 2.46. The van der Waals surface area contributed by atoms with Crippen LogP contribution < -0.4 is 11.1 Å². The van der Waals surface area contributed by atoms with Crippen LogP contribution in [-0.4, -0.2) is 20.7 Å². The zero-order chi connectivity index (χ0) is 13.1. The minimum absolute atomic E-state index is 0.227. The number of rotatable bonds is 3. The normalized spacial score (nSPS) is 10.3. The highest BCUT2D eigenvalue weighted by molar-refractivity contribution is 6.02. The molecule has 6 heteroatoms. The van der Waals surface area contributed by atoms with Crippen LogP contribution >= 0.6 is 0 Å². The van der Waals surface area contributed by atoms with Crippen molar-refractivity contribution in [3.8, 4) is 0 Å². The van der Waals surface area contributed by atoms with Gasteiger partial charge < -0.3 is 11.1 Å². The van der Waals surface area contributed by atoms with Gasteiger partial charge in [-0.25, -0.2) is 4.98 Å². The first kappa shape index (κ1) is 12.1. The maximum atomic E-state index is 12.0. The van der Waals surface area contributed by atoms with Crippen LogP contribution in [0.1, 0.15) is 23.1 Å². The molecule has 0 radical (unpaired) electrons. The van der Waals surface area contributed by atoms with Gasteiger partial charge in [-0.1, -0.05) is 0 Å². The number of pyridine rings is 1. The van der Waals surface area contributed by atoms with E-state index in [1.807, 2.05) is 13.8 Å². The third kappa shape index (κ3) is 2.48. The fourth-order valence-electron chi connectivity index (χ4n) is 1.63. The lowest BCUT2D eigenvalue weighted by atomic mass is 10.3. The molecule has 0 aliphatic rings. The molecule has 1 amide bonds. The van der Waals surface area contributed by atoms with E-state index in [-0.39, 0.29) is 5.91 Å². The quantitative estimate of drug-likeness (QED) is 0.856. The summed E-state index contributed by atoms with van der Waals surface area (Å²) in [6.07, 6.45) is 1.50. The minimum atomic E-state index is -0.227. The molecule has 6 nitrogen and oxygen atoms in total. The lowest BCUT2D eigenvalue weighted by Gasteiger charge is -2.05. The van der Waals surface area contributed by atoms with Gasteiger partial charge in [0.05, 0.1) is 17.6 Å². The molecule has 2 aromatic rings. The van der Waals surface area contributed by atoms with Gasteiger partial charge in [0.2, 0.25) is 0 Å². The second-order valence-electron chi connectivity index (χ2n) is 3.92. The van der Waals surface area contributed by atoms with E-state index >= 15 is 0 Å². The molecule has 0 saturated carbocycles. The molecule has 0 aliphatic carbocycles. The molecule has 0 aliphatic heterocycles. The molecule has 0 saturated heterocycles. The first-order valence-corrected chi connectivity index (χ1v) is 5.67. The van der Waals surface area contributed by atoms with Crippen LogP contribution in [0.4, 0.5) is 11.5 Å². The van der Waals surface area contributed by atoms with Crippen LogP contribution in [0.5, 0.6) is 0 Å². The van der Waals surface area contributed by atoms with Crippen molar-refractivity contribution in [1.29, 1.82) is 0 Å². The molecule has 94 valence electrons. The third-order valence-corrected chi connectivity index (χ3v) is 2.46. The zero-order valence-corrected chi connectivity index (χ0v) is 10.3. The van der Waals surface area contributed by atoms with E-state index in [4.69, 9.17) is 5.73 Å². The standard InChI is InChI=1S/C12H15N5O/c1-3-17-10(6-8(2)16-17)12(18)15-11-5-4-9(13)7-14-11/h4-7H,3,13H2,1-2H3,(H,14,15,18). The Bertz CT molecular complexity index is 558. The molecule has 3 N–H and O–H groups in total. The van der Waals surface area contributed by atoms with Crippen molar-refractivity contribution in [1.82, 2.24) is 14.8 Å². The van der Waals surface area contributed by atoms with Gasteiger partial charge >= 0.3 is 0 Å². The van der Waals surface area contributed by atoms with Crippen molar-refractivity contribution in [2.75, 3.05) is 11.1 Å². The Morgan fingerprint density at radius 2 is 2.28 bits per heavy atom. The van der Waals surface area contributed by atoms with Crippen molar-refractivity contribution >= 4 is 17.4 Å². The SMILES string of the molecule is CCn1nc(C)cc1C(=O)Nc1ccc(N)cn1. The fraction of sp³-hybridized carbons (Fsp3) is 0.250. The van der Waals surface area contributed by atoms with Crippen LogP contribution in [0.15, 0.2) is 24.4 Å². The Kier molecular flexibility index (Phi) is 3.27. The average Bonchev–Trinajstić information content (AvgIpc) is 2.73. The summed E-state index contributed by atoms with van der Waals surface area (Å²) in [5, 5.41) is 6.93. The summed E-state index contributed by atoms with van der Waals surface area (Å²) in [6, 6.07) is 5.09. The number of aryl methyl sites for hydroxylation is 2. The molecule has 2 aromatic heterocycles. The minimum Gasteiger partial charge on any atom is -0.397 e. The number of nitrogens with zero attached hydrogens (tertiary/aromatic N) is 3. The Morgan fingerprint density at radius 1 is 1.50 bits per heavy atom. The van der Waals surface area contributed by atoms with Gasteiger partial charge in [0.15, 0.2) is 0 Å². The number of amides is 1. The number of nitrogens with two attached hydrogens (primary N) is 1. The number of hydrogen-bond donors (Lipinski definition) is 2. The molecule has 0 aromatic carbocycles. The number of carbonyl (C=O) groups is 1. The van der Waals surface area contributed by atoms with E-state index in [1.165, 1.54) is 6.20 Å². The zero-order valence-electron chi connectivity index (χ0n) is 10.3. The first-order valence-electron chi connectivity index (χ1n) is 5.67. The maximum absolute atomic E-state index is 12.0. The Balaban J connectivity index is 2.19. The van der Waals surface area contributed by atoms with Crippen LogP contribution in [0, 0.1) is 6.92 Å². The summed E-state index contributed by atoms with van der Waals surface area (Å²) >= 11 is 0. The number of aromatic nitrogens is 3. The molecular weight excluding hydrogens is 230 g/mol. The monoisotopic (exact) mass is 245 g/mol. The number of nitrogen functional groups attached to an aromatic ring is 1. The van der Waals surface area contributed by atoms with Crippen molar-refractivity contribution in [2.45, 2.75) is 20.4 Å². The summed E-state index contributed by atoms with van der Waals surface area (Å²) in [5.41, 5.74) is 7.42. The largest absolute Gasteiger partial charge is 0.397 e. The Hall–Kier alpha value is -2.37. The summed E-state index contributed by atoms with van der Waals surface area (Å²) in [7, 11) is 0. The van der Waals surface area contributed by atoms with Crippen molar-refractivity contribution in [3.05, 3.63) is 35.8 Å².